The number of anilines is 1. The van der Waals surface area contributed by atoms with Crippen molar-refractivity contribution in [2.45, 2.75) is 34.1 Å². The number of hydrogen-bond donors (Lipinski definition) is 2. The number of nitrogens with one attached hydrogen (secondary N) is 1. The zero-order valence-electron chi connectivity index (χ0n) is 13.4. The lowest BCUT2D eigenvalue weighted by molar-refractivity contribution is 0.0696. The van der Waals surface area contributed by atoms with Gasteiger partial charge in [0, 0.05) is 36.3 Å². The molecule has 0 saturated heterocycles. The number of carboxylic acid groups (broad SMARTS) is 1. The Kier molecular flexibility index (Phi) is 6.95. The molecule has 6 nitrogen and oxygen atoms in total. The number of aryl methyl sites for hydroxylation is 1. The standard InChI is InChI=1S/C14H16N4O2.C2H6/c1-3-4-16-13-12(8-17-9(2)18-13)10-5-11(14(19)20)7-15-6-10;1-2/h5-8H,3-4H2,1-2H3,(H,19,20)(H,16,17,18);1-2H3. The van der Waals surface area contributed by atoms with Crippen LogP contribution in [0.4, 0.5) is 5.82 Å². The Bertz CT molecular complexity index is 629. The summed E-state index contributed by atoms with van der Waals surface area (Å²) < 4.78 is 0. The zero-order chi connectivity index (χ0) is 16.5. The fourth-order valence-electron chi connectivity index (χ4n) is 1.76. The number of aromatic nitrogens is 3. The van der Waals surface area contributed by atoms with E-state index in [2.05, 4.69) is 27.2 Å². The Morgan fingerprint density at radius 3 is 2.64 bits per heavy atom. The molecule has 2 aromatic rings. The van der Waals surface area contributed by atoms with Crippen molar-refractivity contribution in [2.24, 2.45) is 0 Å². The van der Waals surface area contributed by atoms with Gasteiger partial charge in [-0.3, -0.25) is 4.98 Å². The number of nitrogens with zero attached hydrogens (tertiary/aromatic N) is 3. The first-order valence-corrected chi connectivity index (χ1v) is 7.38. The normalized spacial score (nSPS) is 9.64. The molecule has 6 heteroatoms. The number of hydrogen-bond acceptors (Lipinski definition) is 5. The lowest BCUT2D eigenvalue weighted by atomic mass is 10.1. The minimum Gasteiger partial charge on any atom is -0.478 e. The Morgan fingerprint density at radius 2 is 2.00 bits per heavy atom. The van der Waals surface area contributed by atoms with Gasteiger partial charge in [-0.1, -0.05) is 20.8 Å². The lowest BCUT2D eigenvalue weighted by Gasteiger charge is -2.11. The third kappa shape index (κ3) is 4.51. The van der Waals surface area contributed by atoms with Crippen molar-refractivity contribution < 1.29 is 9.90 Å². The van der Waals surface area contributed by atoms with Crippen molar-refractivity contribution in [2.75, 3.05) is 11.9 Å². The van der Waals surface area contributed by atoms with E-state index < -0.39 is 5.97 Å². The average Bonchev–Trinajstić information content (AvgIpc) is 2.55. The minimum absolute atomic E-state index is 0.143. The number of pyridine rings is 1. The van der Waals surface area contributed by atoms with Gasteiger partial charge < -0.3 is 10.4 Å². The maximum atomic E-state index is 11.0. The summed E-state index contributed by atoms with van der Waals surface area (Å²) >= 11 is 0. The Labute approximate surface area is 130 Å². The predicted molar refractivity (Wildman–Crippen MR) is 87.1 cm³/mol. The first-order chi connectivity index (χ1) is 10.6. The monoisotopic (exact) mass is 302 g/mol. The minimum atomic E-state index is -1.00. The zero-order valence-corrected chi connectivity index (χ0v) is 13.4. The van der Waals surface area contributed by atoms with Crippen molar-refractivity contribution in [1.29, 1.82) is 0 Å². The van der Waals surface area contributed by atoms with Crippen LogP contribution >= 0.6 is 0 Å². The second kappa shape index (κ2) is 8.71. The Balaban J connectivity index is 0.00000116. The fraction of sp³-hybridized carbons (Fsp3) is 0.375. The summed E-state index contributed by atoms with van der Waals surface area (Å²) in [6, 6.07) is 1.57. The van der Waals surface area contributed by atoms with Gasteiger partial charge in [-0.25, -0.2) is 14.8 Å². The van der Waals surface area contributed by atoms with Gasteiger partial charge in [-0.2, -0.15) is 0 Å². The molecule has 0 atom stereocenters. The maximum Gasteiger partial charge on any atom is 0.337 e. The second-order valence-corrected chi connectivity index (χ2v) is 4.37. The highest BCUT2D eigenvalue weighted by Gasteiger charge is 2.11. The summed E-state index contributed by atoms with van der Waals surface area (Å²) in [7, 11) is 0. The molecule has 0 bridgehead atoms. The fourth-order valence-corrected chi connectivity index (χ4v) is 1.76. The molecule has 0 fully saturated rings. The van der Waals surface area contributed by atoms with Crippen LogP contribution in [0.3, 0.4) is 0 Å². The lowest BCUT2D eigenvalue weighted by Crippen LogP contribution is -2.06. The smallest absolute Gasteiger partial charge is 0.337 e. The number of carboxylic acids is 1. The largest absolute Gasteiger partial charge is 0.478 e. The summed E-state index contributed by atoms with van der Waals surface area (Å²) in [5, 5.41) is 12.2. The second-order valence-electron chi connectivity index (χ2n) is 4.37. The molecule has 0 radical (unpaired) electrons. The average molecular weight is 302 g/mol. The van der Waals surface area contributed by atoms with Gasteiger partial charge in [0.15, 0.2) is 0 Å². The molecule has 0 aliphatic rings. The molecule has 2 aromatic heterocycles. The van der Waals surface area contributed by atoms with E-state index in [1.54, 1.807) is 18.5 Å². The van der Waals surface area contributed by atoms with Gasteiger partial charge in [-0.15, -0.1) is 0 Å². The topological polar surface area (TPSA) is 88.0 Å². The van der Waals surface area contributed by atoms with E-state index in [1.807, 2.05) is 20.8 Å². The van der Waals surface area contributed by atoms with Gasteiger partial charge in [0.05, 0.1) is 5.56 Å². The van der Waals surface area contributed by atoms with Crippen LogP contribution in [-0.2, 0) is 0 Å². The molecular weight excluding hydrogens is 280 g/mol. The van der Waals surface area contributed by atoms with Gasteiger partial charge in [-0.05, 0) is 19.4 Å². The summed E-state index contributed by atoms with van der Waals surface area (Å²) in [4.78, 5) is 23.5. The van der Waals surface area contributed by atoms with E-state index in [0.717, 1.165) is 18.5 Å². The molecule has 2 heterocycles. The van der Waals surface area contributed by atoms with Crippen LogP contribution in [0, 0.1) is 6.92 Å². The van der Waals surface area contributed by atoms with E-state index in [1.165, 1.54) is 6.20 Å². The predicted octanol–water partition coefficient (Wildman–Crippen LogP) is 3.39. The molecule has 0 unspecified atom stereocenters. The van der Waals surface area contributed by atoms with E-state index in [4.69, 9.17) is 5.11 Å². The van der Waals surface area contributed by atoms with Crippen LogP contribution in [0.25, 0.3) is 11.1 Å². The molecule has 118 valence electrons. The highest BCUT2D eigenvalue weighted by molar-refractivity contribution is 5.89. The third-order valence-corrected chi connectivity index (χ3v) is 2.75. The van der Waals surface area contributed by atoms with Crippen LogP contribution in [-0.4, -0.2) is 32.6 Å². The molecule has 0 spiro atoms. The highest BCUT2D eigenvalue weighted by Crippen LogP contribution is 2.25. The number of aromatic carboxylic acids is 1. The van der Waals surface area contributed by atoms with Crippen molar-refractivity contribution in [3.63, 3.8) is 0 Å². The SMILES string of the molecule is CC.CCCNc1nc(C)ncc1-c1cncc(C(=O)O)c1. The molecule has 0 aliphatic heterocycles. The van der Waals surface area contributed by atoms with Crippen molar-refractivity contribution in [1.82, 2.24) is 15.0 Å². The number of rotatable bonds is 5. The molecule has 0 saturated carbocycles. The first-order valence-electron chi connectivity index (χ1n) is 7.38. The molecule has 2 rings (SSSR count). The highest BCUT2D eigenvalue weighted by atomic mass is 16.4. The van der Waals surface area contributed by atoms with E-state index in [9.17, 15) is 4.79 Å². The molecule has 0 aromatic carbocycles. The van der Waals surface area contributed by atoms with Crippen LogP contribution in [0.1, 0.15) is 43.4 Å². The van der Waals surface area contributed by atoms with Crippen LogP contribution < -0.4 is 5.32 Å². The summed E-state index contributed by atoms with van der Waals surface area (Å²) in [5.41, 5.74) is 1.58. The van der Waals surface area contributed by atoms with Crippen molar-refractivity contribution in [3.05, 3.63) is 36.0 Å². The molecular formula is C16H22N4O2. The molecule has 2 N–H and O–H groups in total. The molecule has 0 amide bonds. The van der Waals surface area contributed by atoms with E-state index in [0.29, 0.717) is 17.2 Å². The van der Waals surface area contributed by atoms with Crippen LogP contribution in [0.15, 0.2) is 24.7 Å². The summed E-state index contributed by atoms with van der Waals surface area (Å²) in [5.74, 6) is 0.355. The van der Waals surface area contributed by atoms with Crippen molar-refractivity contribution >= 4 is 11.8 Å². The van der Waals surface area contributed by atoms with Gasteiger partial charge in [0.1, 0.15) is 11.6 Å². The quantitative estimate of drug-likeness (QED) is 0.880. The third-order valence-electron chi connectivity index (χ3n) is 2.75. The van der Waals surface area contributed by atoms with E-state index in [-0.39, 0.29) is 5.56 Å². The Hall–Kier alpha value is -2.50. The maximum absolute atomic E-state index is 11.0. The Morgan fingerprint density at radius 1 is 1.27 bits per heavy atom. The van der Waals surface area contributed by atoms with Gasteiger partial charge in [0.25, 0.3) is 0 Å². The van der Waals surface area contributed by atoms with E-state index >= 15 is 0 Å². The van der Waals surface area contributed by atoms with Crippen molar-refractivity contribution in [3.8, 4) is 11.1 Å². The first kappa shape index (κ1) is 17.6. The summed E-state index contributed by atoms with van der Waals surface area (Å²) in [6.45, 7) is 8.66. The van der Waals surface area contributed by atoms with Gasteiger partial charge in [0.2, 0.25) is 0 Å². The van der Waals surface area contributed by atoms with Gasteiger partial charge >= 0.3 is 5.97 Å². The molecule has 0 aliphatic carbocycles. The summed E-state index contributed by atoms with van der Waals surface area (Å²) in [6.07, 6.45) is 5.58. The number of carbonyl (C=O) groups is 1. The van der Waals surface area contributed by atoms with Crippen LogP contribution in [0.5, 0.6) is 0 Å². The molecule has 22 heavy (non-hydrogen) atoms. The van der Waals surface area contributed by atoms with Crippen LogP contribution in [0.2, 0.25) is 0 Å².